The number of likely N-dealkylation sites (N-methyl/N-ethyl adjacent to an activating group) is 1. The summed E-state index contributed by atoms with van der Waals surface area (Å²) in [7, 11) is -1.22. The molecule has 6 nitrogen and oxygen atoms in total. The topological polar surface area (TPSA) is 83.9 Å². The fourth-order valence-corrected chi connectivity index (χ4v) is 5.13. The molecule has 0 heterocycles. The quantitative estimate of drug-likeness (QED) is 0.300. The Bertz CT molecular complexity index is 457. The van der Waals surface area contributed by atoms with Crippen molar-refractivity contribution in [2.24, 2.45) is 0 Å². The Hall–Kier alpha value is -0.310. The van der Waals surface area contributed by atoms with Crippen LogP contribution in [0.1, 0.15) is 58.3 Å². The van der Waals surface area contributed by atoms with Gasteiger partial charge in [0.05, 0.1) is 31.1 Å². The summed E-state index contributed by atoms with van der Waals surface area (Å²) in [5, 5.41) is 8.61. The van der Waals surface area contributed by atoms with Crippen molar-refractivity contribution in [1.82, 2.24) is 4.90 Å². The zero-order valence-electron chi connectivity index (χ0n) is 17.2. The molecule has 0 saturated heterocycles. The van der Waals surface area contributed by atoms with Crippen LogP contribution in [-0.2, 0) is 19.4 Å². The van der Waals surface area contributed by atoms with Gasteiger partial charge in [-0.2, -0.15) is 11.8 Å². The number of nitrogens with zero attached hydrogens (tertiary/aromatic N) is 1. The first-order valence-electron chi connectivity index (χ1n) is 10.1. The standard InChI is InChI=1S/C19H39NO5S2/c1-3-4-5-6-7-8-9-15-26-16-18-27(23,24)17-14-25-13-12-20(2)11-10-19(21)22/h3-18H2,1-2H3,(H,21,22). The lowest BCUT2D eigenvalue weighted by Crippen LogP contribution is -2.26. The van der Waals surface area contributed by atoms with Crippen LogP contribution in [0.25, 0.3) is 0 Å². The highest BCUT2D eigenvalue weighted by molar-refractivity contribution is 8.00. The molecule has 0 saturated carbocycles. The number of aliphatic carboxylic acids is 1. The average Bonchev–Trinajstić information content (AvgIpc) is 2.61. The molecule has 0 radical (unpaired) electrons. The maximum Gasteiger partial charge on any atom is 0.304 e. The monoisotopic (exact) mass is 425 g/mol. The molecular formula is C19H39NO5S2. The van der Waals surface area contributed by atoms with E-state index in [1.165, 1.54) is 44.9 Å². The van der Waals surface area contributed by atoms with Crippen molar-refractivity contribution >= 4 is 27.6 Å². The predicted octanol–water partition coefficient (Wildman–Crippen LogP) is 3.31. The van der Waals surface area contributed by atoms with Crippen molar-refractivity contribution in [2.75, 3.05) is 56.4 Å². The fraction of sp³-hybridized carbons (Fsp3) is 0.947. The number of ether oxygens (including phenoxy) is 1. The number of rotatable bonds is 20. The van der Waals surface area contributed by atoms with Gasteiger partial charge in [0.25, 0.3) is 0 Å². The molecule has 0 unspecified atom stereocenters. The highest BCUT2D eigenvalue weighted by atomic mass is 32.2. The van der Waals surface area contributed by atoms with E-state index < -0.39 is 15.8 Å². The average molecular weight is 426 g/mol. The van der Waals surface area contributed by atoms with Crippen molar-refractivity contribution in [3.8, 4) is 0 Å². The second-order valence-corrected chi connectivity index (χ2v) is 10.5. The molecule has 0 aliphatic carbocycles. The first-order chi connectivity index (χ1) is 12.9. The van der Waals surface area contributed by atoms with E-state index in [1.807, 2.05) is 11.9 Å². The Morgan fingerprint density at radius 3 is 2.30 bits per heavy atom. The van der Waals surface area contributed by atoms with Crippen LogP contribution >= 0.6 is 11.8 Å². The minimum Gasteiger partial charge on any atom is -0.481 e. The lowest BCUT2D eigenvalue weighted by Gasteiger charge is -2.15. The van der Waals surface area contributed by atoms with Crippen LogP contribution in [0.5, 0.6) is 0 Å². The maximum absolute atomic E-state index is 12.0. The van der Waals surface area contributed by atoms with E-state index in [0.29, 0.717) is 25.4 Å². The van der Waals surface area contributed by atoms with Crippen molar-refractivity contribution < 1.29 is 23.1 Å². The van der Waals surface area contributed by atoms with Crippen LogP contribution in [0.15, 0.2) is 0 Å². The molecular weight excluding hydrogens is 386 g/mol. The third kappa shape index (κ3) is 20.2. The first kappa shape index (κ1) is 26.7. The molecule has 0 bridgehead atoms. The van der Waals surface area contributed by atoms with Crippen LogP contribution in [0.3, 0.4) is 0 Å². The van der Waals surface area contributed by atoms with Crippen LogP contribution in [-0.4, -0.2) is 80.8 Å². The molecule has 0 aromatic heterocycles. The van der Waals surface area contributed by atoms with E-state index in [-0.39, 0.29) is 24.5 Å². The maximum atomic E-state index is 12.0. The first-order valence-corrected chi connectivity index (χ1v) is 13.1. The van der Waals surface area contributed by atoms with E-state index >= 15 is 0 Å². The summed E-state index contributed by atoms with van der Waals surface area (Å²) in [5.41, 5.74) is 0. The number of carboxylic acids is 1. The van der Waals surface area contributed by atoms with Crippen molar-refractivity contribution in [3.63, 3.8) is 0 Å². The number of carbonyl (C=O) groups is 1. The highest BCUT2D eigenvalue weighted by Crippen LogP contribution is 2.11. The lowest BCUT2D eigenvalue weighted by atomic mass is 10.1. The largest absolute Gasteiger partial charge is 0.481 e. The van der Waals surface area contributed by atoms with Gasteiger partial charge < -0.3 is 14.7 Å². The normalized spacial score (nSPS) is 12.0. The van der Waals surface area contributed by atoms with Gasteiger partial charge in [0, 0.05) is 18.8 Å². The van der Waals surface area contributed by atoms with Gasteiger partial charge in [-0.05, 0) is 19.2 Å². The van der Waals surface area contributed by atoms with E-state index in [2.05, 4.69) is 6.92 Å². The number of thioether (sulfide) groups is 1. The minimum atomic E-state index is -3.05. The second-order valence-electron chi connectivity index (χ2n) is 6.94. The van der Waals surface area contributed by atoms with Gasteiger partial charge >= 0.3 is 5.97 Å². The Labute approximate surface area is 170 Å². The van der Waals surface area contributed by atoms with Crippen molar-refractivity contribution in [3.05, 3.63) is 0 Å². The molecule has 0 amide bonds. The number of hydrogen-bond acceptors (Lipinski definition) is 6. The molecule has 0 fully saturated rings. The Balaban J connectivity index is 3.49. The van der Waals surface area contributed by atoms with Gasteiger partial charge in [0.1, 0.15) is 0 Å². The van der Waals surface area contributed by atoms with Crippen molar-refractivity contribution in [2.45, 2.75) is 58.3 Å². The highest BCUT2D eigenvalue weighted by Gasteiger charge is 2.10. The van der Waals surface area contributed by atoms with Crippen molar-refractivity contribution in [1.29, 1.82) is 0 Å². The minimum absolute atomic E-state index is 0.0594. The van der Waals surface area contributed by atoms with E-state index in [1.54, 1.807) is 11.8 Å². The van der Waals surface area contributed by atoms with Gasteiger partial charge in [0.2, 0.25) is 0 Å². The van der Waals surface area contributed by atoms with Crippen LogP contribution in [0, 0.1) is 0 Å². The number of carboxylic acid groups (broad SMARTS) is 1. The van der Waals surface area contributed by atoms with Crippen LogP contribution in [0.4, 0.5) is 0 Å². The molecule has 0 atom stereocenters. The fourth-order valence-electron chi connectivity index (χ4n) is 2.46. The van der Waals surface area contributed by atoms with Gasteiger partial charge in [-0.25, -0.2) is 8.42 Å². The molecule has 0 aromatic rings. The SMILES string of the molecule is CCCCCCCCCSCCS(=O)(=O)CCOCCN(C)CCC(=O)O. The molecule has 0 spiro atoms. The molecule has 1 N–H and O–H groups in total. The Morgan fingerprint density at radius 2 is 1.63 bits per heavy atom. The Morgan fingerprint density at radius 1 is 0.963 bits per heavy atom. The molecule has 0 aliphatic heterocycles. The molecule has 162 valence electrons. The summed E-state index contributed by atoms with van der Waals surface area (Å²) in [6.07, 6.45) is 9.08. The summed E-state index contributed by atoms with van der Waals surface area (Å²) in [6, 6.07) is 0. The number of sulfone groups is 1. The van der Waals surface area contributed by atoms with Gasteiger partial charge in [-0.3, -0.25) is 4.79 Å². The smallest absolute Gasteiger partial charge is 0.304 e. The predicted molar refractivity (Wildman–Crippen MR) is 115 cm³/mol. The molecule has 0 aromatic carbocycles. The molecule has 27 heavy (non-hydrogen) atoms. The third-order valence-electron chi connectivity index (χ3n) is 4.29. The van der Waals surface area contributed by atoms with Crippen LogP contribution < -0.4 is 0 Å². The van der Waals surface area contributed by atoms with Crippen LogP contribution in [0.2, 0.25) is 0 Å². The van der Waals surface area contributed by atoms with Gasteiger partial charge in [0.15, 0.2) is 9.84 Å². The zero-order chi connectivity index (χ0) is 20.4. The molecule has 0 aliphatic rings. The van der Waals surface area contributed by atoms with E-state index in [4.69, 9.17) is 9.84 Å². The molecule has 0 rings (SSSR count). The third-order valence-corrected chi connectivity index (χ3v) is 7.24. The summed E-state index contributed by atoms with van der Waals surface area (Å²) in [4.78, 5) is 12.3. The summed E-state index contributed by atoms with van der Waals surface area (Å²) in [5.74, 6) is 1.16. The van der Waals surface area contributed by atoms with E-state index in [9.17, 15) is 13.2 Å². The van der Waals surface area contributed by atoms with Gasteiger partial charge in [-0.15, -0.1) is 0 Å². The number of unbranched alkanes of at least 4 members (excludes halogenated alkanes) is 6. The summed E-state index contributed by atoms with van der Waals surface area (Å²) < 4.78 is 29.3. The summed E-state index contributed by atoms with van der Waals surface area (Å²) >= 11 is 1.73. The van der Waals surface area contributed by atoms with E-state index in [0.717, 1.165) is 5.75 Å². The Kier molecular flexibility index (Phi) is 17.6. The van der Waals surface area contributed by atoms with Gasteiger partial charge in [-0.1, -0.05) is 45.4 Å². The summed E-state index contributed by atoms with van der Waals surface area (Å²) in [6.45, 7) is 3.91. The molecule has 8 heteroatoms. The zero-order valence-corrected chi connectivity index (χ0v) is 18.8. The second kappa shape index (κ2) is 17.8. The lowest BCUT2D eigenvalue weighted by molar-refractivity contribution is -0.137. The number of hydrogen-bond donors (Lipinski definition) is 1.